The van der Waals surface area contributed by atoms with Gasteiger partial charge in [0.15, 0.2) is 17.5 Å². The van der Waals surface area contributed by atoms with Crippen molar-refractivity contribution in [3.05, 3.63) is 199 Å². The third-order valence-electron chi connectivity index (χ3n) is 10.1. The molecule has 56 heavy (non-hydrogen) atoms. The van der Waals surface area contributed by atoms with Crippen LogP contribution in [0.15, 0.2) is 192 Å². The van der Waals surface area contributed by atoms with Crippen molar-refractivity contribution < 1.29 is 4.74 Å². The molecule has 10 rings (SSSR count). The second-order valence-corrected chi connectivity index (χ2v) is 14.8. The molecule has 2 aliphatic rings. The summed E-state index contributed by atoms with van der Waals surface area (Å²) in [6, 6.07) is 62.4. The maximum absolute atomic E-state index is 6.49. The van der Waals surface area contributed by atoms with Crippen LogP contribution in [0.4, 0.5) is 0 Å². The summed E-state index contributed by atoms with van der Waals surface area (Å²) >= 11 is 1.74. The van der Waals surface area contributed by atoms with Crippen molar-refractivity contribution in [2.75, 3.05) is 0 Å². The molecule has 0 radical (unpaired) electrons. The van der Waals surface area contributed by atoms with E-state index in [1.165, 1.54) is 0 Å². The Hall–Kier alpha value is -6.42. The fourth-order valence-electron chi connectivity index (χ4n) is 7.38. The van der Waals surface area contributed by atoms with E-state index in [1.807, 2.05) is 72.8 Å². The number of nitrogens with zero attached hydrogens (tertiary/aromatic N) is 3. The van der Waals surface area contributed by atoms with Gasteiger partial charge in [0.05, 0.1) is 28.3 Å². The lowest BCUT2D eigenvalue weighted by Gasteiger charge is -2.40. The van der Waals surface area contributed by atoms with E-state index in [0.29, 0.717) is 17.5 Å². The molecule has 0 amide bonds. The maximum Gasteiger partial charge on any atom is 0.164 e. The van der Waals surface area contributed by atoms with Gasteiger partial charge in [-0.3, -0.25) is 16.0 Å². The van der Waals surface area contributed by atoms with Gasteiger partial charge in [0.1, 0.15) is 11.5 Å². The summed E-state index contributed by atoms with van der Waals surface area (Å²) in [7, 11) is 0. The van der Waals surface area contributed by atoms with Crippen LogP contribution in [0.3, 0.4) is 0 Å². The summed E-state index contributed by atoms with van der Waals surface area (Å²) in [4.78, 5) is 17.3. The van der Waals surface area contributed by atoms with Gasteiger partial charge in [-0.05, 0) is 52.1 Å². The number of fused-ring (bicyclic) bond motifs is 2. The average Bonchev–Trinajstić information content (AvgIpc) is 3.29. The number of aromatic nitrogens is 3. The SMILES string of the molecule is c1ccc(-c2nc(-c3ccccc3)nc(-c3ccc(-c4cccc5c4Sc4ccccc4O5)c(C4NC(c5ccccc5)NC(c5ccccc5)N4)c3)n2)cc1. The van der Waals surface area contributed by atoms with Crippen molar-refractivity contribution in [3.8, 4) is 56.8 Å². The lowest BCUT2D eigenvalue weighted by atomic mass is 9.93. The van der Waals surface area contributed by atoms with Crippen LogP contribution in [-0.2, 0) is 0 Å². The van der Waals surface area contributed by atoms with E-state index < -0.39 is 0 Å². The number of ether oxygens (including phenoxy) is 1. The van der Waals surface area contributed by atoms with E-state index in [1.54, 1.807) is 11.8 Å². The predicted octanol–water partition coefficient (Wildman–Crippen LogP) is 11.0. The quantitative estimate of drug-likeness (QED) is 0.149. The van der Waals surface area contributed by atoms with E-state index in [9.17, 15) is 0 Å². The highest BCUT2D eigenvalue weighted by molar-refractivity contribution is 7.99. The predicted molar refractivity (Wildman–Crippen MR) is 223 cm³/mol. The van der Waals surface area contributed by atoms with Crippen LogP contribution in [0.25, 0.3) is 45.3 Å². The fraction of sp³-hybridized carbons (Fsp3) is 0.0625. The van der Waals surface area contributed by atoms with Gasteiger partial charge in [0.25, 0.3) is 0 Å². The van der Waals surface area contributed by atoms with Crippen LogP contribution in [0.2, 0.25) is 0 Å². The van der Waals surface area contributed by atoms with Gasteiger partial charge in [0.2, 0.25) is 0 Å². The van der Waals surface area contributed by atoms with Crippen molar-refractivity contribution in [3.63, 3.8) is 0 Å². The Morgan fingerprint density at radius 1 is 0.411 bits per heavy atom. The van der Waals surface area contributed by atoms with Gasteiger partial charge in [-0.1, -0.05) is 169 Å². The molecular weight excluding hydrogens is 709 g/mol. The molecule has 7 nitrogen and oxygen atoms in total. The Bertz CT molecular complexity index is 2540. The van der Waals surface area contributed by atoms with Crippen LogP contribution in [0, 0.1) is 0 Å². The molecule has 2 atom stereocenters. The molecule has 2 unspecified atom stereocenters. The molecule has 3 N–H and O–H groups in total. The molecule has 1 aromatic heterocycles. The van der Waals surface area contributed by atoms with E-state index in [4.69, 9.17) is 19.7 Å². The molecule has 0 aliphatic carbocycles. The van der Waals surface area contributed by atoms with E-state index in [0.717, 1.165) is 65.8 Å². The number of hydrogen-bond acceptors (Lipinski definition) is 8. The van der Waals surface area contributed by atoms with Crippen LogP contribution in [-0.4, -0.2) is 15.0 Å². The van der Waals surface area contributed by atoms with Crippen molar-refractivity contribution in [2.45, 2.75) is 28.3 Å². The molecule has 7 aromatic carbocycles. The lowest BCUT2D eigenvalue weighted by Crippen LogP contribution is -2.54. The molecule has 8 aromatic rings. The molecule has 1 saturated heterocycles. The summed E-state index contributed by atoms with van der Waals surface area (Å²) in [6.07, 6.45) is -0.585. The van der Waals surface area contributed by atoms with Crippen LogP contribution < -0.4 is 20.7 Å². The minimum absolute atomic E-state index is 0.148. The molecule has 8 heteroatoms. The first-order valence-electron chi connectivity index (χ1n) is 18.7. The van der Waals surface area contributed by atoms with Gasteiger partial charge < -0.3 is 4.74 Å². The zero-order valence-corrected chi connectivity index (χ0v) is 31.0. The third kappa shape index (κ3) is 6.76. The first kappa shape index (κ1) is 34.1. The smallest absolute Gasteiger partial charge is 0.164 e. The van der Waals surface area contributed by atoms with Crippen LogP contribution in [0.1, 0.15) is 35.2 Å². The summed E-state index contributed by atoms with van der Waals surface area (Å²) in [5.74, 6) is 3.55. The Balaban J connectivity index is 1.16. The zero-order valence-electron chi connectivity index (χ0n) is 30.2. The summed E-state index contributed by atoms with van der Waals surface area (Å²) in [6.45, 7) is 0. The topological polar surface area (TPSA) is 84.0 Å². The summed E-state index contributed by atoms with van der Waals surface area (Å²) in [5.41, 5.74) is 8.25. The second kappa shape index (κ2) is 15.0. The average molecular weight is 745 g/mol. The highest BCUT2D eigenvalue weighted by Gasteiger charge is 2.32. The standard InChI is InChI=1S/C48H36N6OS/c1-5-16-31(17-6-1)43-49-44(32-18-7-2-8-19-32)52-47(51-43)35-28-29-36(37-24-15-26-40-42(37)56-41-27-14-13-25-39(41)55-40)38(30-35)48-53-45(33-20-9-3-10-21-33)50-46(54-48)34-22-11-4-12-23-34/h1-30,45-46,48,50,53-54H. The number of para-hydroxylation sites is 1. The van der Waals surface area contributed by atoms with Gasteiger partial charge in [-0.25, -0.2) is 15.0 Å². The maximum atomic E-state index is 6.49. The highest BCUT2D eigenvalue weighted by Crippen LogP contribution is 2.51. The zero-order chi connectivity index (χ0) is 37.3. The van der Waals surface area contributed by atoms with Crippen molar-refractivity contribution in [2.24, 2.45) is 0 Å². The Labute approximate surface area is 329 Å². The van der Waals surface area contributed by atoms with E-state index in [-0.39, 0.29) is 18.5 Å². The second-order valence-electron chi connectivity index (χ2n) is 13.7. The Morgan fingerprint density at radius 3 is 1.52 bits per heavy atom. The largest absolute Gasteiger partial charge is 0.455 e. The lowest BCUT2D eigenvalue weighted by molar-refractivity contribution is 0.203. The number of rotatable bonds is 7. The fourth-order valence-corrected chi connectivity index (χ4v) is 8.46. The first-order chi connectivity index (χ1) is 27.7. The molecular formula is C48H36N6OS. The first-order valence-corrected chi connectivity index (χ1v) is 19.5. The summed E-state index contributed by atoms with van der Waals surface area (Å²) < 4.78 is 6.49. The van der Waals surface area contributed by atoms with Crippen LogP contribution in [0.5, 0.6) is 11.5 Å². The molecule has 0 spiro atoms. The molecule has 0 bridgehead atoms. The normalized spacial score (nSPS) is 17.3. The van der Waals surface area contributed by atoms with Gasteiger partial charge in [-0.15, -0.1) is 0 Å². The number of hydrogen-bond donors (Lipinski definition) is 3. The van der Waals surface area contributed by atoms with Gasteiger partial charge in [0, 0.05) is 16.7 Å². The minimum atomic E-state index is -0.289. The molecule has 2 aliphatic heterocycles. The molecule has 270 valence electrons. The minimum Gasteiger partial charge on any atom is -0.455 e. The van der Waals surface area contributed by atoms with Crippen molar-refractivity contribution in [1.82, 2.24) is 30.9 Å². The number of benzene rings is 7. The highest BCUT2D eigenvalue weighted by atomic mass is 32.2. The third-order valence-corrected chi connectivity index (χ3v) is 11.3. The molecule has 1 fully saturated rings. The Morgan fingerprint density at radius 2 is 0.911 bits per heavy atom. The van der Waals surface area contributed by atoms with Gasteiger partial charge >= 0.3 is 0 Å². The molecule has 0 saturated carbocycles. The van der Waals surface area contributed by atoms with Gasteiger partial charge in [-0.2, -0.15) is 0 Å². The van der Waals surface area contributed by atoms with E-state index >= 15 is 0 Å². The Kier molecular flexibility index (Phi) is 9.14. The van der Waals surface area contributed by atoms with Crippen molar-refractivity contribution in [1.29, 1.82) is 0 Å². The molecule has 3 heterocycles. The van der Waals surface area contributed by atoms with E-state index in [2.05, 4.69) is 125 Å². The van der Waals surface area contributed by atoms with Crippen LogP contribution >= 0.6 is 11.8 Å². The van der Waals surface area contributed by atoms with Crippen molar-refractivity contribution >= 4 is 11.8 Å². The number of nitrogens with one attached hydrogen (secondary N) is 3. The monoisotopic (exact) mass is 744 g/mol. The summed E-state index contributed by atoms with van der Waals surface area (Å²) in [5, 5.41) is 11.7.